The number of nitrogens with one attached hydrogen (secondary N) is 1. The van der Waals surface area contributed by atoms with E-state index in [-0.39, 0.29) is 29.8 Å². The molecular formula is C20H29FIN5O. The van der Waals surface area contributed by atoms with Gasteiger partial charge < -0.3 is 19.5 Å². The van der Waals surface area contributed by atoms with Gasteiger partial charge in [0, 0.05) is 38.1 Å². The number of hydrogen-bond donors (Lipinski definition) is 1. The van der Waals surface area contributed by atoms with E-state index >= 15 is 0 Å². The van der Waals surface area contributed by atoms with Crippen molar-refractivity contribution < 1.29 is 9.13 Å². The number of benzene rings is 1. The maximum atomic E-state index is 13.2. The highest BCUT2D eigenvalue weighted by molar-refractivity contribution is 14.0. The van der Waals surface area contributed by atoms with Crippen LogP contribution in [0, 0.1) is 11.7 Å². The van der Waals surface area contributed by atoms with E-state index in [2.05, 4.69) is 33.6 Å². The molecule has 2 unspecified atom stereocenters. The number of ether oxygens (including phenoxy) is 1. The second-order valence-electron chi connectivity index (χ2n) is 6.83. The molecule has 1 aliphatic heterocycles. The Bertz CT molecular complexity index is 740. The Labute approximate surface area is 183 Å². The molecule has 2 atom stereocenters. The minimum Gasteiger partial charge on any atom is -0.492 e. The van der Waals surface area contributed by atoms with Crippen LogP contribution in [-0.2, 0) is 0 Å². The lowest BCUT2D eigenvalue weighted by Crippen LogP contribution is -2.49. The van der Waals surface area contributed by atoms with Gasteiger partial charge in [-0.15, -0.1) is 24.0 Å². The molecule has 0 saturated carbocycles. The summed E-state index contributed by atoms with van der Waals surface area (Å²) in [6, 6.07) is 6.57. The molecule has 1 aromatic heterocycles. The van der Waals surface area contributed by atoms with Gasteiger partial charge in [-0.1, -0.05) is 13.0 Å². The van der Waals surface area contributed by atoms with Crippen LogP contribution in [0.15, 0.2) is 48.0 Å². The zero-order chi connectivity index (χ0) is 19.1. The van der Waals surface area contributed by atoms with Crippen molar-refractivity contribution in [1.82, 2.24) is 19.8 Å². The van der Waals surface area contributed by atoms with E-state index in [0.29, 0.717) is 30.9 Å². The van der Waals surface area contributed by atoms with Gasteiger partial charge in [-0.3, -0.25) is 0 Å². The molecule has 0 radical (unpaired) electrons. The summed E-state index contributed by atoms with van der Waals surface area (Å²) in [6.45, 7) is 7.97. The Morgan fingerprint density at radius 3 is 3.00 bits per heavy atom. The molecule has 1 aromatic carbocycles. The SMILES string of the molecule is CCNC(=NCCOc1cccc(F)c1)N1CCC(C)C(n2ccnc2)C1.I. The standard InChI is InChI=1S/C20H28FN5O.HI/c1-3-23-20(24-9-12-27-18-6-4-5-17(21)13-18)25-10-7-16(2)19(14-25)26-11-8-22-15-26;/h4-6,8,11,13,15-16,19H,3,7,9-10,12,14H2,1-2H3,(H,23,24);1H. The first kappa shape index (κ1) is 22.4. The van der Waals surface area contributed by atoms with Gasteiger partial charge in [0.25, 0.3) is 0 Å². The number of likely N-dealkylation sites (tertiary alicyclic amines) is 1. The van der Waals surface area contributed by atoms with Crippen molar-refractivity contribution in [1.29, 1.82) is 0 Å². The molecule has 0 aliphatic carbocycles. The summed E-state index contributed by atoms with van der Waals surface area (Å²) < 4.78 is 21.0. The molecule has 2 aromatic rings. The molecule has 154 valence electrons. The number of piperidine rings is 1. The van der Waals surface area contributed by atoms with Crippen LogP contribution in [0.2, 0.25) is 0 Å². The van der Waals surface area contributed by atoms with E-state index < -0.39 is 0 Å². The summed E-state index contributed by atoms with van der Waals surface area (Å²) in [4.78, 5) is 11.2. The molecule has 8 heteroatoms. The molecule has 2 heterocycles. The van der Waals surface area contributed by atoms with Crippen molar-refractivity contribution in [3.05, 3.63) is 48.8 Å². The first-order chi connectivity index (χ1) is 13.2. The first-order valence-electron chi connectivity index (χ1n) is 9.56. The van der Waals surface area contributed by atoms with Crippen molar-refractivity contribution in [2.45, 2.75) is 26.3 Å². The summed E-state index contributed by atoms with van der Waals surface area (Å²) in [7, 11) is 0. The monoisotopic (exact) mass is 501 g/mol. The Balaban J connectivity index is 0.00000280. The van der Waals surface area contributed by atoms with Gasteiger partial charge >= 0.3 is 0 Å². The Hall–Kier alpha value is -1.84. The number of aromatic nitrogens is 2. The third kappa shape index (κ3) is 6.08. The number of nitrogens with zero attached hydrogens (tertiary/aromatic N) is 4. The maximum absolute atomic E-state index is 13.2. The highest BCUT2D eigenvalue weighted by Gasteiger charge is 2.28. The molecule has 1 N–H and O–H groups in total. The highest BCUT2D eigenvalue weighted by atomic mass is 127. The minimum absolute atomic E-state index is 0. The van der Waals surface area contributed by atoms with Crippen LogP contribution in [0.3, 0.4) is 0 Å². The zero-order valence-electron chi connectivity index (χ0n) is 16.4. The Morgan fingerprint density at radius 2 is 2.29 bits per heavy atom. The van der Waals surface area contributed by atoms with Crippen LogP contribution in [0.1, 0.15) is 26.3 Å². The smallest absolute Gasteiger partial charge is 0.194 e. The molecular weight excluding hydrogens is 472 g/mol. The van der Waals surface area contributed by atoms with Gasteiger partial charge in [0.1, 0.15) is 18.2 Å². The molecule has 0 amide bonds. The van der Waals surface area contributed by atoms with Crippen molar-refractivity contribution in [3.8, 4) is 5.75 Å². The molecule has 1 fully saturated rings. The first-order valence-corrected chi connectivity index (χ1v) is 9.56. The van der Waals surface area contributed by atoms with Gasteiger partial charge in [-0.2, -0.15) is 0 Å². The lowest BCUT2D eigenvalue weighted by atomic mass is 9.93. The Morgan fingerprint density at radius 1 is 1.43 bits per heavy atom. The van der Waals surface area contributed by atoms with Gasteiger partial charge in [0.2, 0.25) is 0 Å². The summed E-state index contributed by atoms with van der Waals surface area (Å²) in [6.07, 6.45) is 6.85. The molecule has 28 heavy (non-hydrogen) atoms. The minimum atomic E-state index is -0.294. The summed E-state index contributed by atoms with van der Waals surface area (Å²) in [5, 5.41) is 3.38. The molecule has 1 aliphatic rings. The van der Waals surface area contributed by atoms with Gasteiger partial charge in [0.15, 0.2) is 5.96 Å². The largest absolute Gasteiger partial charge is 0.492 e. The van der Waals surface area contributed by atoms with E-state index in [1.54, 1.807) is 12.1 Å². The number of hydrogen-bond acceptors (Lipinski definition) is 3. The van der Waals surface area contributed by atoms with E-state index in [1.807, 2.05) is 18.7 Å². The van der Waals surface area contributed by atoms with Gasteiger partial charge in [0.05, 0.1) is 18.9 Å². The lowest BCUT2D eigenvalue weighted by molar-refractivity contribution is 0.188. The quantitative estimate of drug-likeness (QED) is 0.285. The van der Waals surface area contributed by atoms with E-state index in [1.165, 1.54) is 12.1 Å². The highest BCUT2D eigenvalue weighted by Crippen LogP contribution is 2.27. The average molecular weight is 501 g/mol. The molecule has 0 bridgehead atoms. The number of imidazole rings is 1. The third-order valence-electron chi connectivity index (χ3n) is 4.88. The number of guanidine groups is 1. The fourth-order valence-corrected chi connectivity index (χ4v) is 3.39. The average Bonchev–Trinajstić information content (AvgIpc) is 3.19. The van der Waals surface area contributed by atoms with Crippen molar-refractivity contribution in [2.75, 3.05) is 32.8 Å². The second kappa shape index (κ2) is 11.2. The fraction of sp³-hybridized carbons (Fsp3) is 0.500. The molecule has 0 spiro atoms. The van der Waals surface area contributed by atoms with Gasteiger partial charge in [-0.25, -0.2) is 14.4 Å². The predicted octanol–water partition coefficient (Wildman–Crippen LogP) is 3.57. The van der Waals surface area contributed by atoms with E-state index in [0.717, 1.165) is 32.0 Å². The predicted molar refractivity (Wildman–Crippen MR) is 120 cm³/mol. The maximum Gasteiger partial charge on any atom is 0.194 e. The summed E-state index contributed by atoms with van der Waals surface area (Å²) in [5.74, 6) is 1.73. The van der Waals surface area contributed by atoms with Crippen molar-refractivity contribution in [3.63, 3.8) is 0 Å². The van der Waals surface area contributed by atoms with Crippen LogP contribution >= 0.6 is 24.0 Å². The lowest BCUT2D eigenvalue weighted by Gasteiger charge is -2.39. The van der Waals surface area contributed by atoms with Crippen molar-refractivity contribution in [2.24, 2.45) is 10.9 Å². The normalized spacial score (nSPS) is 19.8. The number of aliphatic imine (C=N–C) groups is 1. The molecule has 3 rings (SSSR count). The Kier molecular flexibility index (Phi) is 9.01. The van der Waals surface area contributed by atoms with Crippen LogP contribution in [0.5, 0.6) is 5.75 Å². The van der Waals surface area contributed by atoms with Crippen LogP contribution in [0.4, 0.5) is 4.39 Å². The second-order valence-corrected chi connectivity index (χ2v) is 6.83. The number of rotatable bonds is 6. The molecule has 6 nitrogen and oxygen atoms in total. The third-order valence-corrected chi connectivity index (χ3v) is 4.88. The molecule has 1 saturated heterocycles. The summed E-state index contributed by atoms with van der Waals surface area (Å²) in [5.41, 5.74) is 0. The van der Waals surface area contributed by atoms with Crippen LogP contribution in [0.25, 0.3) is 0 Å². The van der Waals surface area contributed by atoms with E-state index in [4.69, 9.17) is 9.73 Å². The van der Waals surface area contributed by atoms with E-state index in [9.17, 15) is 4.39 Å². The zero-order valence-corrected chi connectivity index (χ0v) is 18.8. The van der Waals surface area contributed by atoms with Crippen LogP contribution < -0.4 is 10.1 Å². The van der Waals surface area contributed by atoms with Gasteiger partial charge in [-0.05, 0) is 31.4 Å². The fourth-order valence-electron chi connectivity index (χ4n) is 3.39. The van der Waals surface area contributed by atoms with Crippen LogP contribution in [-0.4, -0.2) is 53.2 Å². The summed E-state index contributed by atoms with van der Waals surface area (Å²) >= 11 is 0. The van der Waals surface area contributed by atoms with Crippen molar-refractivity contribution >= 4 is 29.9 Å². The topological polar surface area (TPSA) is 54.7 Å². The number of halogens is 2.